The van der Waals surface area contributed by atoms with Crippen LogP contribution in [0.15, 0.2) is 28.7 Å². The molecule has 0 unspecified atom stereocenters. The quantitative estimate of drug-likeness (QED) is 0.253. The third kappa shape index (κ3) is 3.60. The van der Waals surface area contributed by atoms with Crippen LogP contribution in [0, 0.1) is 39.8 Å². The van der Waals surface area contributed by atoms with E-state index < -0.39 is 0 Å². The number of nitrogens with zero attached hydrogens (tertiary/aromatic N) is 4. The molecule has 0 atom stereocenters. The van der Waals surface area contributed by atoms with Crippen molar-refractivity contribution in [2.45, 2.75) is 27.7 Å². The summed E-state index contributed by atoms with van der Waals surface area (Å²) in [4.78, 5) is 0. The number of fused-ring (bicyclic) bond motifs is 3. The van der Waals surface area contributed by atoms with E-state index in [0.29, 0.717) is 34.4 Å². The van der Waals surface area contributed by atoms with Gasteiger partial charge in [0.2, 0.25) is 11.8 Å². The van der Waals surface area contributed by atoms with Gasteiger partial charge in [0.1, 0.15) is 0 Å². The molecule has 0 spiro atoms. The summed E-state index contributed by atoms with van der Waals surface area (Å²) in [7, 11) is 3.79. The second kappa shape index (κ2) is 8.14. The van der Waals surface area contributed by atoms with E-state index in [0.717, 1.165) is 33.3 Å². The molecule has 0 aliphatic heterocycles. The number of hydrogen-bond acceptors (Lipinski definition) is 5. The molecule has 0 bridgehead atoms. The molecule has 0 aliphatic rings. The van der Waals surface area contributed by atoms with Crippen LogP contribution in [0.5, 0.6) is 23.3 Å². The zero-order valence-electron chi connectivity index (χ0n) is 18.6. The Morgan fingerprint density at radius 2 is 1.12 bits per heavy atom. The van der Waals surface area contributed by atoms with Crippen LogP contribution < -0.4 is 9.47 Å². The second-order valence-corrected chi connectivity index (χ2v) is 7.71. The molecule has 7 nitrogen and oxygen atoms in total. The monoisotopic (exact) mass is 609 g/mol. The fourth-order valence-corrected chi connectivity index (χ4v) is 3.47. The minimum absolute atomic E-state index is 0. The van der Waals surface area contributed by atoms with Crippen molar-refractivity contribution in [3.63, 3.8) is 0 Å². The summed E-state index contributed by atoms with van der Waals surface area (Å²) in [5.74, 6) is 2.26. The van der Waals surface area contributed by atoms with E-state index in [1.165, 1.54) is 0 Å². The Morgan fingerprint density at radius 3 is 1.47 bits per heavy atom. The van der Waals surface area contributed by atoms with E-state index in [2.05, 4.69) is 22.3 Å². The van der Waals surface area contributed by atoms with Crippen molar-refractivity contribution in [2.24, 2.45) is 14.1 Å². The number of ether oxygens (including phenoxy) is 2. The van der Waals surface area contributed by atoms with Crippen LogP contribution in [0.3, 0.4) is 0 Å². The predicted molar refractivity (Wildman–Crippen MR) is 117 cm³/mol. The normalized spacial score (nSPS) is 11.2. The zero-order chi connectivity index (χ0) is 21.9. The van der Waals surface area contributed by atoms with Crippen LogP contribution >= 0.6 is 0 Å². The summed E-state index contributed by atoms with van der Waals surface area (Å²) >= 11 is 0. The van der Waals surface area contributed by atoms with Crippen molar-refractivity contribution in [1.29, 1.82) is 0 Å². The maximum atomic E-state index is 6.01. The van der Waals surface area contributed by atoms with Gasteiger partial charge in [-0.25, -0.2) is 0 Å². The first-order valence-electron chi connectivity index (χ1n) is 9.98. The maximum Gasteiger partial charge on any atom is 2.00 e. The van der Waals surface area contributed by atoms with Crippen LogP contribution in [0.1, 0.15) is 22.5 Å². The Labute approximate surface area is 200 Å². The molecule has 5 aromatic rings. The van der Waals surface area contributed by atoms with Crippen LogP contribution in [-0.2, 0) is 35.2 Å². The summed E-state index contributed by atoms with van der Waals surface area (Å²) < 4.78 is 21.6. The first-order chi connectivity index (χ1) is 14.8. The standard InChI is InChI=1S/C24H22N4O3.Pt/c1-13-15(3)27(5)25-23(13)29-17-7-9-21-19(11-17)20-12-18(8-10-22(20)31-21)30-24-14(2)16(4)28(6)26-24;/h7-10H,1-6H3;/q-2;+2. The van der Waals surface area contributed by atoms with Crippen molar-refractivity contribution in [2.75, 3.05) is 0 Å². The predicted octanol–water partition coefficient (Wildman–Crippen LogP) is 5.47. The number of hydrogen-bond donors (Lipinski definition) is 0. The number of rotatable bonds is 4. The van der Waals surface area contributed by atoms with Crippen molar-refractivity contribution >= 4 is 21.9 Å². The van der Waals surface area contributed by atoms with Gasteiger partial charge >= 0.3 is 21.1 Å². The average molecular weight is 610 g/mol. The Kier molecular flexibility index (Phi) is 5.63. The topological polar surface area (TPSA) is 67.2 Å². The van der Waals surface area contributed by atoms with E-state index in [4.69, 9.17) is 13.9 Å². The van der Waals surface area contributed by atoms with Gasteiger partial charge < -0.3 is 13.9 Å². The van der Waals surface area contributed by atoms with Crippen molar-refractivity contribution in [3.8, 4) is 23.3 Å². The summed E-state index contributed by atoms with van der Waals surface area (Å²) in [6.07, 6.45) is 0. The molecule has 32 heavy (non-hydrogen) atoms. The molecule has 0 radical (unpaired) electrons. The SMILES string of the molecule is Cc1c(Oc2[c-]c3c(cc2)oc2ccc(Oc4nn(C)c(C)c4C)[c-]c23)nn(C)c1C.[Pt+2]. The Hall–Kier alpha value is -3.05. The van der Waals surface area contributed by atoms with Gasteiger partial charge in [0.25, 0.3) is 0 Å². The molecule has 0 amide bonds. The Morgan fingerprint density at radius 1 is 0.719 bits per heavy atom. The third-order valence-corrected chi connectivity index (χ3v) is 5.82. The summed E-state index contributed by atoms with van der Waals surface area (Å²) in [5.41, 5.74) is 5.51. The molecule has 0 saturated heterocycles. The number of aryl methyl sites for hydroxylation is 2. The third-order valence-electron chi connectivity index (χ3n) is 5.82. The summed E-state index contributed by atoms with van der Waals surface area (Å²) in [5, 5.41) is 10.4. The molecule has 0 aliphatic carbocycles. The summed E-state index contributed by atoms with van der Waals surface area (Å²) in [6.45, 7) is 7.99. The minimum Gasteiger partial charge on any atom is -0.564 e. The molecule has 2 aromatic carbocycles. The van der Waals surface area contributed by atoms with Crippen LogP contribution in [-0.4, -0.2) is 19.6 Å². The van der Waals surface area contributed by atoms with E-state index >= 15 is 0 Å². The smallest absolute Gasteiger partial charge is 0.564 e. The fraction of sp³-hybridized carbons (Fsp3) is 0.250. The minimum atomic E-state index is 0. The molecule has 3 heterocycles. The van der Waals surface area contributed by atoms with Gasteiger partial charge in [-0.15, -0.1) is 34.5 Å². The molecular weight excluding hydrogens is 587 g/mol. The molecule has 0 fully saturated rings. The van der Waals surface area contributed by atoms with Gasteiger partial charge in [-0.1, -0.05) is 12.1 Å². The van der Waals surface area contributed by atoms with Crippen LogP contribution in [0.2, 0.25) is 0 Å². The Balaban J connectivity index is 0.00000245. The van der Waals surface area contributed by atoms with Crippen LogP contribution in [0.25, 0.3) is 21.9 Å². The second-order valence-electron chi connectivity index (χ2n) is 7.71. The van der Waals surface area contributed by atoms with Gasteiger partial charge in [-0.05, 0) is 38.9 Å². The molecule has 3 aromatic heterocycles. The molecule has 8 heteroatoms. The molecular formula is C24H22N4O3Pt. The van der Waals surface area contributed by atoms with Crippen LogP contribution in [0.4, 0.5) is 0 Å². The van der Waals surface area contributed by atoms with E-state index in [-0.39, 0.29) is 21.1 Å². The number of benzene rings is 2. The van der Waals surface area contributed by atoms with Gasteiger partial charge in [0.05, 0.1) is 0 Å². The molecule has 0 N–H and O–H groups in total. The number of furan rings is 1. The Bertz CT molecular complexity index is 1350. The maximum absolute atomic E-state index is 6.01. The largest absolute Gasteiger partial charge is 2.00 e. The van der Waals surface area contributed by atoms with Gasteiger partial charge in [0, 0.05) is 48.1 Å². The van der Waals surface area contributed by atoms with Gasteiger partial charge in [-0.2, -0.15) is 10.8 Å². The van der Waals surface area contributed by atoms with Gasteiger partial charge in [-0.3, -0.25) is 9.36 Å². The number of aromatic nitrogens is 4. The van der Waals surface area contributed by atoms with E-state index in [9.17, 15) is 0 Å². The molecule has 0 saturated carbocycles. The first-order valence-corrected chi connectivity index (χ1v) is 9.98. The average Bonchev–Trinajstić information content (AvgIpc) is 3.32. The molecule has 5 rings (SSSR count). The van der Waals surface area contributed by atoms with Crippen molar-refractivity contribution in [3.05, 3.63) is 58.9 Å². The van der Waals surface area contributed by atoms with E-state index in [1.807, 2.05) is 66.1 Å². The fourth-order valence-electron chi connectivity index (χ4n) is 3.47. The zero-order valence-corrected chi connectivity index (χ0v) is 20.9. The van der Waals surface area contributed by atoms with Crippen molar-refractivity contribution in [1.82, 2.24) is 19.6 Å². The van der Waals surface area contributed by atoms with Gasteiger partial charge in [0.15, 0.2) is 0 Å². The summed E-state index contributed by atoms with van der Waals surface area (Å²) in [6, 6.07) is 14.0. The molecule has 166 valence electrons. The van der Waals surface area contributed by atoms with E-state index in [1.54, 1.807) is 9.36 Å². The first kappa shape index (κ1) is 22.2. The van der Waals surface area contributed by atoms with Crippen molar-refractivity contribution < 1.29 is 35.0 Å².